The molecule has 0 saturated heterocycles. The Labute approximate surface area is 86.2 Å². The van der Waals surface area contributed by atoms with Crippen LogP contribution in [0.15, 0.2) is 35.1 Å². The second kappa shape index (κ2) is 3.91. The van der Waals surface area contributed by atoms with Gasteiger partial charge in [-0.2, -0.15) is 0 Å². The Balaban J connectivity index is 2.51. The van der Waals surface area contributed by atoms with Crippen LogP contribution in [0.1, 0.15) is 0 Å². The third kappa shape index (κ3) is 1.85. The van der Waals surface area contributed by atoms with Crippen molar-refractivity contribution in [3.8, 4) is 11.3 Å². The number of nitrogens with one attached hydrogen (secondary N) is 2. The van der Waals surface area contributed by atoms with Gasteiger partial charge in [0.25, 0.3) is 5.56 Å². The average molecular weight is 202 g/mol. The minimum atomic E-state index is -0.249. The first-order chi connectivity index (χ1) is 7.31. The molecule has 2 N–H and O–H groups in total. The van der Waals surface area contributed by atoms with E-state index in [0.717, 1.165) is 5.56 Å². The van der Waals surface area contributed by atoms with Crippen molar-refractivity contribution in [1.82, 2.24) is 15.2 Å². The zero-order valence-electron chi connectivity index (χ0n) is 8.19. The van der Waals surface area contributed by atoms with E-state index in [9.17, 15) is 4.79 Å². The number of anilines is 1. The van der Waals surface area contributed by atoms with Crippen molar-refractivity contribution >= 4 is 5.95 Å². The number of hydrogen-bond donors (Lipinski definition) is 2. The van der Waals surface area contributed by atoms with E-state index in [0.29, 0.717) is 11.6 Å². The minimum Gasteiger partial charge on any atom is -0.358 e. The van der Waals surface area contributed by atoms with Crippen LogP contribution in [0.25, 0.3) is 11.3 Å². The van der Waals surface area contributed by atoms with E-state index < -0.39 is 0 Å². The Morgan fingerprint density at radius 3 is 2.53 bits per heavy atom. The van der Waals surface area contributed by atoms with Gasteiger partial charge >= 0.3 is 0 Å². The molecule has 15 heavy (non-hydrogen) atoms. The number of hydrogen-bond acceptors (Lipinski definition) is 4. The first-order valence-electron chi connectivity index (χ1n) is 4.51. The van der Waals surface area contributed by atoms with Crippen LogP contribution >= 0.6 is 0 Å². The smallest absolute Gasteiger partial charge is 0.279 e. The number of nitrogens with zero attached hydrogens (tertiary/aromatic N) is 2. The van der Waals surface area contributed by atoms with Crippen LogP contribution in [0.4, 0.5) is 5.95 Å². The molecule has 5 nitrogen and oxygen atoms in total. The van der Waals surface area contributed by atoms with Gasteiger partial charge in [-0.25, -0.2) is 0 Å². The van der Waals surface area contributed by atoms with Gasteiger partial charge in [-0.1, -0.05) is 30.3 Å². The first-order valence-corrected chi connectivity index (χ1v) is 4.51. The predicted octanol–water partition coefficient (Wildman–Crippen LogP) is 0.874. The van der Waals surface area contributed by atoms with Gasteiger partial charge in [0.1, 0.15) is 0 Å². The zero-order chi connectivity index (χ0) is 10.7. The molecule has 0 spiro atoms. The van der Waals surface area contributed by atoms with Crippen LogP contribution in [-0.4, -0.2) is 22.2 Å². The molecule has 1 aromatic heterocycles. The van der Waals surface area contributed by atoms with Gasteiger partial charge in [0.05, 0.1) is 0 Å². The molecule has 2 rings (SSSR count). The molecule has 0 amide bonds. The van der Waals surface area contributed by atoms with Crippen LogP contribution in [0.3, 0.4) is 0 Å². The number of benzene rings is 1. The summed E-state index contributed by atoms with van der Waals surface area (Å²) >= 11 is 0. The van der Waals surface area contributed by atoms with Crippen molar-refractivity contribution in [1.29, 1.82) is 0 Å². The van der Waals surface area contributed by atoms with Crippen molar-refractivity contribution in [2.75, 3.05) is 12.4 Å². The Hall–Kier alpha value is -2.17. The molecule has 0 aliphatic rings. The number of rotatable bonds is 2. The summed E-state index contributed by atoms with van der Waals surface area (Å²) in [6, 6.07) is 9.22. The molecule has 5 heteroatoms. The highest BCUT2D eigenvalue weighted by atomic mass is 16.1. The van der Waals surface area contributed by atoms with Crippen molar-refractivity contribution < 1.29 is 0 Å². The van der Waals surface area contributed by atoms with E-state index in [2.05, 4.69) is 20.5 Å². The summed E-state index contributed by atoms with van der Waals surface area (Å²) in [7, 11) is 1.67. The SMILES string of the molecule is CNc1nnc(-c2ccccc2)c(=O)[nH]1. The average Bonchev–Trinajstić information content (AvgIpc) is 2.30. The summed E-state index contributed by atoms with van der Waals surface area (Å²) in [5.74, 6) is 0.361. The fourth-order valence-corrected chi connectivity index (χ4v) is 1.23. The van der Waals surface area contributed by atoms with Crippen LogP contribution in [0, 0.1) is 0 Å². The molecule has 0 unspecified atom stereocenters. The maximum atomic E-state index is 11.6. The normalized spacial score (nSPS) is 9.93. The molecule has 1 heterocycles. The summed E-state index contributed by atoms with van der Waals surface area (Å²) in [6.45, 7) is 0. The second-order valence-electron chi connectivity index (χ2n) is 2.97. The van der Waals surface area contributed by atoms with Gasteiger partial charge in [0.2, 0.25) is 5.95 Å². The lowest BCUT2D eigenvalue weighted by Crippen LogP contribution is -2.15. The molecule has 0 aliphatic carbocycles. The first kappa shape index (κ1) is 9.39. The van der Waals surface area contributed by atoms with Crippen LogP contribution < -0.4 is 10.9 Å². The highest BCUT2D eigenvalue weighted by molar-refractivity contribution is 5.57. The van der Waals surface area contributed by atoms with E-state index in [1.165, 1.54) is 0 Å². The monoisotopic (exact) mass is 202 g/mol. The molecule has 0 saturated carbocycles. The van der Waals surface area contributed by atoms with Gasteiger partial charge in [-0.3, -0.25) is 9.78 Å². The van der Waals surface area contributed by atoms with Crippen LogP contribution in [0.2, 0.25) is 0 Å². The minimum absolute atomic E-state index is 0.249. The van der Waals surface area contributed by atoms with Gasteiger partial charge in [0.15, 0.2) is 5.69 Å². The summed E-state index contributed by atoms with van der Waals surface area (Å²) < 4.78 is 0. The summed E-state index contributed by atoms with van der Waals surface area (Å²) in [5, 5.41) is 10.4. The molecule has 76 valence electrons. The van der Waals surface area contributed by atoms with Gasteiger partial charge in [-0.15, -0.1) is 10.2 Å². The fourth-order valence-electron chi connectivity index (χ4n) is 1.23. The van der Waals surface area contributed by atoms with E-state index in [-0.39, 0.29) is 5.56 Å². The molecule has 0 radical (unpaired) electrons. The quantitative estimate of drug-likeness (QED) is 0.758. The molecule has 0 fully saturated rings. The summed E-state index contributed by atoms with van der Waals surface area (Å²) in [4.78, 5) is 14.2. The summed E-state index contributed by atoms with van der Waals surface area (Å²) in [6.07, 6.45) is 0. The topological polar surface area (TPSA) is 70.7 Å². The Morgan fingerprint density at radius 2 is 1.93 bits per heavy atom. The highest BCUT2D eigenvalue weighted by Crippen LogP contribution is 2.10. The zero-order valence-corrected chi connectivity index (χ0v) is 8.19. The molecule has 0 atom stereocenters. The lowest BCUT2D eigenvalue weighted by Gasteiger charge is -2.00. The largest absolute Gasteiger partial charge is 0.358 e. The lowest BCUT2D eigenvalue weighted by molar-refractivity contribution is 0.956. The third-order valence-electron chi connectivity index (χ3n) is 1.98. The van der Waals surface area contributed by atoms with E-state index >= 15 is 0 Å². The van der Waals surface area contributed by atoms with Crippen LogP contribution in [-0.2, 0) is 0 Å². The molecule has 1 aromatic carbocycles. The molecule has 0 aliphatic heterocycles. The van der Waals surface area contributed by atoms with Gasteiger partial charge in [-0.05, 0) is 0 Å². The van der Waals surface area contributed by atoms with Gasteiger partial charge in [0, 0.05) is 12.6 Å². The molecule has 2 aromatic rings. The van der Waals surface area contributed by atoms with Gasteiger partial charge < -0.3 is 5.32 Å². The van der Waals surface area contributed by atoms with Crippen LogP contribution in [0.5, 0.6) is 0 Å². The number of aromatic amines is 1. The van der Waals surface area contributed by atoms with Crippen molar-refractivity contribution in [2.24, 2.45) is 0 Å². The standard InChI is InChI=1S/C10H10N4O/c1-11-10-12-9(15)8(13-14-10)7-5-3-2-4-6-7/h2-6H,1H3,(H2,11,12,14,15). The molecule has 0 bridgehead atoms. The van der Waals surface area contributed by atoms with E-state index in [1.54, 1.807) is 7.05 Å². The number of H-pyrrole nitrogens is 1. The molecular weight excluding hydrogens is 192 g/mol. The fraction of sp³-hybridized carbons (Fsp3) is 0.100. The second-order valence-corrected chi connectivity index (χ2v) is 2.97. The maximum absolute atomic E-state index is 11.6. The number of aromatic nitrogens is 3. The van der Waals surface area contributed by atoms with Crippen molar-refractivity contribution in [2.45, 2.75) is 0 Å². The third-order valence-corrected chi connectivity index (χ3v) is 1.98. The van der Waals surface area contributed by atoms with E-state index in [1.807, 2.05) is 30.3 Å². The van der Waals surface area contributed by atoms with Crippen molar-refractivity contribution in [3.63, 3.8) is 0 Å². The Kier molecular flexibility index (Phi) is 2.45. The summed E-state index contributed by atoms with van der Waals surface area (Å²) in [5.41, 5.74) is 0.837. The Morgan fingerprint density at radius 1 is 1.20 bits per heavy atom. The highest BCUT2D eigenvalue weighted by Gasteiger charge is 2.05. The van der Waals surface area contributed by atoms with E-state index in [4.69, 9.17) is 0 Å². The lowest BCUT2D eigenvalue weighted by atomic mass is 10.2. The maximum Gasteiger partial charge on any atom is 0.279 e. The Bertz CT molecular complexity index is 506. The predicted molar refractivity (Wildman–Crippen MR) is 57.6 cm³/mol. The molecular formula is C10H10N4O. The van der Waals surface area contributed by atoms with Crippen molar-refractivity contribution in [3.05, 3.63) is 40.7 Å².